The zero-order chi connectivity index (χ0) is 19.8. The molecule has 0 aliphatic rings. The molecule has 2 aromatic rings. The second-order valence-corrected chi connectivity index (χ2v) is 7.64. The molecule has 144 valence electrons. The lowest BCUT2D eigenvalue weighted by molar-refractivity contribution is -0.142. The third-order valence-electron chi connectivity index (χ3n) is 3.96. The molecule has 1 atom stereocenters. The summed E-state index contributed by atoms with van der Waals surface area (Å²) in [5.74, 6) is 0.150. The number of halogens is 2. The van der Waals surface area contributed by atoms with Gasteiger partial charge in [0, 0.05) is 21.7 Å². The van der Waals surface area contributed by atoms with Gasteiger partial charge in [-0.25, -0.2) is 0 Å². The number of likely N-dealkylation sites (N-methyl/N-ethyl adjacent to an activating group) is 1. The number of rotatable bonds is 8. The van der Waals surface area contributed by atoms with Crippen molar-refractivity contribution in [1.29, 1.82) is 0 Å². The molecule has 1 N–H and O–H groups in total. The van der Waals surface area contributed by atoms with Crippen LogP contribution in [-0.2, 0) is 16.1 Å². The van der Waals surface area contributed by atoms with Crippen molar-refractivity contribution in [1.82, 2.24) is 10.2 Å². The highest BCUT2D eigenvalue weighted by Crippen LogP contribution is 2.16. The van der Waals surface area contributed by atoms with E-state index < -0.39 is 6.04 Å². The summed E-state index contributed by atoms with van der Waals surface area (Å²) in [5.41, 5.74) is 0.887. The first kappa shape index (κ1) is 21.5. The number of carbonyl (C=O) groups is 2. The Morgan fingerprint density at radius 1 is 1.15 bits per heavy atom. The number of nitrogens with one attached hydrogen (secondary N) is 1. The second kappa shape index (κ2) is 10.5. The Bertz CT molecular complexity index is 766. The minimum atomic E-state index is -0.617. The van der Waals surface area contributed by atoms with Crippen LogP contribution in [0.2, 0.25) is 5.02 Å². The molecule has 0 heterocycles. The molecule has 5 nitrogen and oxygen atoms in total. The monoisotopic (exact) mass is 500 g/mol. The summed E-state index contributed by atoms with van der Waals surface area (Å²) < 4.78 is 6.69. The van der Waals surface area contributed by atoms with Crippen LogP contribution in [0.25, 0.3) is 0 Å². The standard InChI is InChI=1S/C20H22ClIN2O3/c1-3-23-20(26)14(2)24(12-15-4-6-16(21)7-5-15)19(25)13-27-18-10-8-17(22)9-11-18/h4-11,14H,3,12-13H2,1-2H3,(H,23,26). The molecule has 0 bridgehead atoms. The van der Waals surface area contributed by atoms with Crippen LogP contribution in [-0.4, -0.2) is 35.9 Å². The third-order valence-corrected chi connectivity index (χ3v) is 4.93. The van der Waals surface area contributed by atoms with E-state index in [1.165, 1.54) is 4.90 Å². The second-order valence-electron chi connectivity index (χ2n) is 5.96. The van der Waals surface area contributed by atoms with Gasteiger partial charge in [-0.05, 0) is 78.4 Å². The first-order valence-electron chi connectivity index (χ1n) is 8.60. The lowest BCUT2D eigenvalue weighted by Gasteiger charge is -2.28. The molecule has 0 spiro atoms. The SMILES string of the molecule is CCNC(=O)C(C)N(Cc1ccc(Cl)cc1)C(=O)COc1ccc(I)cc1. The number of hydrogen-bond donors (Lipinski definition) is 1. The first-order chi connectivity index (χ1) is 12.9. The van der Waals surface area contributed by atoms with Gasteiger partial charge in [0.25, 0.3) is 5.91 Å². The Morgan fingerprint density at radius 2 is 1.78 bits per heavy atom. The molecule has 0 aliphatic carbocycles. The number of nitrogens with zero attached hydrogens (tertiary/aromatic N) is 1. The average Bonchev–Trinajstić information content (AvgIpc) is 2.66. The third kappa shape index (κ3) is 6.70. The molecule has 27 heavy (non-hydrogen) atoms. The molecular formula is C20H22ClIN2O3. The first-order valence-corrected chi connectivity index (χ1v) is 10.1. The Kier molecular flexibility index (Phi) is 8.37. The van der Waals surface area contributed by atoms with Crippen LogP contribution < -0.4 is 10.1 Å². The largest absolute Gasteiger partial charge is 0.484 e. The maximum atomic E-state index is 12.8. The van der Waals surface area contributed by atoms with Gasteiger partial charge >= 0.3 is 0 Å². The molecule has 0 aliphatic heterocycles. The van der Waals surface area contributed by atoms with Gasteiger partial charge in [0.1, 0.15) is 11.8 Å². The summed E-state index contributed by atoms with van der Waals surface area (Å²) in [5, 5.41) is 3.38. The molecule has 2 rings (SSSR count). The smallest absolute Gasteiger partial charge is 0.261 e. The Labute approximate surface area is 178 Å². The Morgan fingerprint density at radius 3 is 2.37 bits per heavy atom. The van der Waals surface area contributed by atoms with E-state index in [0.29, 0.717) is 23.9 Å². The van der Waals surface area contributed by atoms with E-state index in [4.69, 9.17) is 16.3 Å². The van der Waals surface area contributed by atoms with Gasteiger partial charge in [0.15, 0.2) is 6.61 Å². The van der Waals surface area contributed by atoms with Crippen molar-refractivity contribution in [3.63, 3.8) is 0 Å². The predicted octanol–water partition coefficient (Wildman–Crippen LogP) is 3.88. The molecule has 0 aromatic heterocycles. The Hall–Kier alpha value is -1.80. The van der Waals surface area contributed by atoms with Crippen molar-refractivity contribution < 1.29 is 14.3 Å². The lowest BCUT2D eigenvalue weighted by Crippen LogP contribution is -2.49. The van der Waals surface area contributed by atoms with Crippen molar-refractivity contribution in [3.05, 3.63) is 62.7 Å². The normalized spacial score (nSPS) is 11.6. The summed E-state index contributed by atoms with van der Waals surface area (Å²) in [6.45, 7) is 4.22. The van der Waals surface area contributed by atoms with Gasteiger partial charge in [-0.15, -0.1) is 0 Å². The fourth-order valence-electron chi connectivity index (χ4n) is 2.45. The van der Waals surface area contributed by atoms with E-state index in [-0.39, 0.29) is 18.4 Å². The molecule has 0 fully saturated rings. The van der Waals surface area contributed by atoms with Crippen molar-refractivity contribution in [3.8, 4) is 5.75 Å². The van der Waals surface area contributed by atoms with Gasteiger partial charge in [-0.3, -0.25) is 9.59 Å². The summed E-state index contributed by atoms with van der Waals surface area (Å²) in [6.07, 6.45) is 0. The minimum absolute atomic E-state index is 0.141. The minimum Gasteiger partial charge on any atom is -0.484 e. The van der Waals surface area contributed by atoms with Gasteiger partial charge in [0.2, 0.25) is 5.91 Å². The van der Waals surface area contributed by atoms with Crippen molar-refractivity contribution >= 4 is 46.0 Å². The highest BCUT2D eigenvalue weighted by atomic mass is 127. The summed E-state index contributed by atoms with van der Waals surface area (Å²) in [6, 6.07) is 14.0. The molecule has 0 saturated carbocycles. The molecule has 2 aromatic carbocycles. The number of carbonyl (C=O) groups excluding carboxylic acids is 2. The zero-order valence-electron chi connectivity index (χ0n) is 15.2. The van der Waals surface area contributed by atoms with Crippen LogP contribution in [0.4, 0.5) is 0 Å². The van der Waals surface area contributed by atoms with Crippen molar-refractivity contribution in [2.45, 2.75) is 26.4 Å². The summed E-state index contributed by atoms with van der Waals surface area (Å²) in [7, 11) is 0. The van der Waals surface area contributed by atoms with Crippen LogP contribution in [0.5, 0.6) is 5.75 Å². The highest BCUT2D eigenvalue weighted by molar-refractivity contribution is 14.1. The van der Waals surface area contributed by atoms with E-state index in [9.17, 15) is 9.59 Å². The number of amides is 2. The summed E-state index contributed by atoms with van der Waals surface area (Å²) >= 11 is 8.13. The van der Waals surface area contributed by atoms with Crippen LogP contribution in [0.3, 0.4) is 0 Å². The number of ether oxygens (including phenoxy) is 1. The molecular weight excluding hydrogens is 479 g/mol. The van der Waals surface area contributed by atoms with E-state index in [1.807, 2.05) is 43.3 Å². The summed E-state index contributed by atoms with van der Waals surface area (Å²) in [4.78, 5) is 26.6. The van der Waals surface area contributed by atoms with E-state index in [2.05, 4.69) is 27.9 Å². The number of hydrogen-bond acceptors (Lipinski definition) is 3. The van der Waals surface area contributed by atoms with Gasteiger partial charge in [-0.2, -0.15) is 0 Å². The number of benzene rings is 2. The van der Waals surface area contributed by atoms with Crippen LogP contribution in [0.15, 0.2) is 48.5 Å². The predicted molar refractivity (Wildman–Crippen MR) is 115 cm³/mol. The zero-order valence-corrected chi connectivity index (χ0v) is 18.2. The quantitative estimate of drug-likeness (QED) is 0.560. The van der Waals surface area contributed by atoms with Gasteiger partial charge < -0.3 is 15.0 Å². The van der Waals surface area contributed by atoms with Crippen LogP contribution in [0, 0.1) is 3.57 Å². The van der Waals surface area contributed by atoms with Crippen LogP contribution >= 0.6 is 34.2 Å². The highest BCUT2D eigenvalue weighted by Gasteiger charge is 2.26. The molecule has 7 heteroatoms. The van der Waals surface area contributed by atoms with E-state index in [0.717, 1.165) is 9.13 Å². The van der Waals surface area contributed by atoms with Gasteiger partial charge in [0.05, 0.1) is 0 Å². The lowest BCUT2D eigenvalue weighted by atomic mass is 10.1. The van der Waals surface area contributed by atoms with Crippen molar-refractivity contribution in [2.24, 2.45) is 0 Å². The molecule has 1 unspecified atom stereocenters. The average molecular weight is 501 g/mol. The fraction of sp³-hybridized carbons (Fsp3) is 0.300. The maximum Gasteiger partial charge on any atom is 0.261 e. The Balaban J connectivity index is 2.11. The molecule has 2 amide bonds. The van der Waals surface area contributed by atoms with Crippen molar-refractivity contribution in [2.75, 3.05) is 13.2 Å². The van der Waals surface area contributed by atoms with Crippen LogP contribution in [0.1, 0.15) is 19.4 Å². The van der Waals surface area contributed by atoms with E-state index in [1.54, 1.807) is 19.1 Å². The van der Waals surface area contributed by atoms with Gasteiger partial charge in [-0.1, -0.05) is 23.7 Å². The molecule has 0 radical (unpaired) electrons. The van der Waals surface area contributed by atoms with E-state index >= 15 is 0 Å². The molecule has 0 saturated heterocycles. The maximum absolute atomic E-state index is 12.8. The fourth-order valence-corrected chi connectivity index (χ4v) is 2.94. The topological polar surface area (TPSA) is 58.6 Å².